The normalized spacial score (nSPS) is 10.4. The van der Waals surface area contributed by atoms with Crippen molar-refractivity contribution >= 4 is 0 Å². The lowest BCUT2D eigenvalue weighted by Crippen LogP contribution is -2.35. The summed E-state index contributed by atoms with van der Waals surface area (Å²) in [6.45, 7) is 7.59. The van der Waals surface area contributed by atoms with Crippen LogP contribution in [0.3, 0.4) is 0 Å². The molecule has 0 unspecified atom stereocenters. The minimum Gasteiger partial charge on any atom is -0.321 e. The summed E-state index contributed by atoms with van der Waals surface area (Å²) in [7, 11) is 0. The van der Waals surface area contributed by atoms with Crippen molar-refractivity contribution in [3.63, 3.8) is 0 Å². The Hall–Kier alpha value is -2.56. The second-order valence-electron chi connectivity index (χ2n) is 5.34. The van der Waals surface area contributed by atoms with Crippen molar-refractivity contribution in [2.24, 2.45) is 5.73 Å². The van der Waals surface area contributed by atoms with Gasteiger partial charge in [-0.2, -0.15) is 0 Å². The first-order chi connectivity index (χ1) is 10.7. The molecule has 0 bridgehead atoms. The van der Waals surface area contributed by atoms with E-state index in [0.29, 0.717) is 12.8 Å². The maximum Gasteiger partial charge on any atom is 0.0479 e. The highest BCUT2D eigenvalue weighted by molar-refractivity contribution is 5.44. The first kappa shape index (κ1) is 15.8. The number of rotatable bonds is 5. The first-order valence-electron chi connectivity index (χ1n) is 7.36. The molecule has 0 aliphatic rings. The molecular formula is C21H21N. The van der Waals surface area contributed by atoms with Gasteiger partial charge in [0.2, 0.25) is 0 Å². The van der Waals surface area contributed by atoms with Crippen molar-refractivity contribution < 1.29 is 0 Å². The molecule has 0 amide bonds. The first-order valence-corrected chi connectivity index (χ1v) is 7.36. The molecule has 2 aromatic carbocycles. The standard InChI is InChI=1S/C21H21N/c1-3-16-21(22,17-4-2)20-14-12-19(13-15-20)11-10-18-8-6-5-7-9-18/h3-9,12-15H,1-2,16-17,22H2. The molecule has 2 aromatic rings. The van der Waals surface area contributed by atoms with Gasteiger partial charge >= 0.3 is 0 Å². The van der Waals surface area contributed by atoms with Crippen molar-refractivity contribution in [3.05, 3.63) is 96.6 Å². The fourth-order valence-electron chi connectivity index (χ4n) is 2.39. The van der Waals surface area contributed by atoms with Gasteiger partial charge in [0.25, 0.3) is 0 Å². The fourth-order valence-corrected chi connectivity index (χ4v) is 2.39. The van der Waals surface area contributed by atoms with Crippen molar-refractivity contribution in [1.82, 2.24) is 0 Å². The van der Waals surface area contributed by atoms with Crippen molar-refractivity contribution in [3.8, 4) is 11.8 Å². The second kappa shape index (κ2) is 7.45. The minimum absolute atomic E-state index is 0.436. The number of benzene rings is 2. The Kier molecular flexibility index (Phi) is 5.36. The molecule has 0 saturated carbocycles. The third-order valence-corrected chi connectivity index (χ3v) is 3.60. The summed E-state index contributed by atoms with van der Waals surface area (Å²) < 4.78 is 0. The summed E-state index contributed by atoms with van der Waals surface area (Å²) in [4.78, 5) is 0. The van der Waals surface area contributed by atoms with Crippen LogP contribution in [0, 0.1) is 11.8 Å². The lowest BCUT2D eigenvalue weighted by Gasteiger charge is -2.27. The van der Waals surface area contributed by atoms with E-state index in [0.717, 1.165) is 16.7 Å². The Balaban J connectivity index is 2.21. The highest BCUT2D eigenvalue weighted by Gasteiger charge is 2.23. The maximum atomic E-state index is 6.48. The number of hydrogen-bond donors (Lipinski definition) is 1. The smallest absolute Gasteiger partial charge is 0.0479 e. The highest BCUT2D eigenvalue weighted by Crippen LogP contribution is 2.27. The van der Waals surface area contributed by atoms with Gasteiger partial charge in [0.1, 0.15) is 0 Å². The molecule has 22 heavy (non-hydrogen) atoms. The monoisotopic (exact) mass is 287 g/mol. The van der Waals surface area contributed by atoms with Gasteiger partial charge in [0, 0.05) is 16.7 Å². The molecule has 1 nitrogen and oxygen atoms in total. The van der Waals surface area contributed by atoms with Gasteiger partial charge in [0.15, 0.2) is 0 Å². The van der Waals surface area contributed by atoms with E-state index in [9.17, 15) is 0 Å². The van der Waals surface area contributed by atoms with Gasteiger partial charge in [-0.3, -0.25) is 0 Å². The third kappa shape index (κ3) is 3.97. The van der Waals surface area contributed by atoms with Crippen LogP contribution >= 0.6 is 0 Å². The number of hydrogen-bond acceptors (Lipinski definition) is 1. The van der Waals surface area contributed by atoms with Crippen LogP contribution in [0.5, 0.6) is 0 Å². The lowest BCUT2D eigenvalue weighted by molar-refractivity contribution is 0.456. The molecule has 0 aliphatic heterocycles. The van der Waals surface area contributed by atoms with Gasteiger partial charge in [0.05, 0.1) is 0 Å². The fraction of sp³-hybridized carbons (Fsp3) is 0.143. The van der Waals surface area contributed by atoms with Crippen LogP contribution in [-0.4, -0.2) is 0 Å². The van der Waals surface area contributed by atoms with Crippen LogP contribution in [0.1, 0.15) is 29.5 Å². The minimum atomic E-state index is -0.436. The van der Waals surface area contributed by atoms with Gasteiger partial charge in [-0.15, -0.1) is 13.2 Å². The van der Waals surface area contributed by atoms with Crippen molar-refractivity contribution in [2.75, 3.05) is 0 Å². The SMILES string of the molecule is C=CCC(N)(CC=C)c1ccc(C#Cc2ccccc2)cc1. The Bertz CT molecular complexity index is 674. The van der Waals surface area contributed by atoms with E-state index in [1.807, 2.05) is 66.7 Å². The van der Waals surface area contributed by atoms with E-state index in [-0.39, 0.29) is 0 Å². The largest absolute Gasteiger partial charge is 0.321 e. The molecule has 0 radical (unpaired) electrons. The summed E-state index contributed by atoms with van der Waals surface area (Å²) in [5.41, 5.74) is 9.11. The van der Waals surface area contributed by atoms with Gasteiger partial charge in [-0.05, 0) is 42.7 Å². The van der Waals surface area contributed by atoms with E-state index in [4.69, 9.17) is 5.73 Å². The summed E-state index contributed by atoms with van der Waals surface area (Å²) in [6, 6.07) is 18.1. The van der Waals surface area contributed by atoms with Crippen molar-refractivity contribution in [2.45, 2.75) is 18.4 Å². The van der Waals surface area contributed by atoms with Crippen LogP contribution in [0.2, 0.25) is 0 Å². The molecule has 0 spiro atoms. The van der Waals surface area contributed by atoms with Crippen LogP contribution in [0.4, 0.5) is 0 Å². The molecule has 0 aromatic heterocycles. The molecular weight excluding hydrogens is 266 g/mol. The Morgan fingerprint density at radius 3 is 1.82 bits per heavy atom. The Labute approximate surface area is 133 Å². The van der Waals surface area contributed by atoms with Crippen LogP contribution < -0.4 is 5.73 Å². The zero-order valence-corrected chi connectivity index (χ0v) is 12.8. The molecule has 0 heterocycles. The van der Waals surface area contributed by atoms with Gasteiger partial charge in [-0.25, -0.2) is 0 Å². The second-order valence-corrected chi connectivity index (χ2v) is 5.34. The molecule has 2 N–H and O–H groups in total. The summed E-state index contributed by atoms with van der Waals surface area (Å²) in [5.74, 6) is 6.33. The molecule has 0 fully saturated rings. The predicted octanol–water partition coefficient (Wildman–Crippen LogP) is 4.39. The predicted molar refractivity (Wildman–Crippen MR) is 94.4 cm³/mol. The lowest BCUT2D eigenvalue weighted by atomic mass is 9.84. The molecule has 1 heteroatoms. The van der Waals surface area contributed by atoms with E-state index in [2.05, 4.69) is 25.0 Å². The zero-order valence-electron chi connectivity index (χ0n) is 12.8. The Morgan fingerprint density at radius 1 is 0.818 bits per heavy atom. The number of nitrogens with two attached hydrogens (primary N) is 1. The average molecular weight is 287 g/mol. The van der Waals surface area contributed by atoms with Crippen molar-refractivity contribution in [1.29, 1.82) is 0 Å². The highest BCUT2D eigenvalue weighted by atomic mass is 14.7. The van der Waals surface area contributed by atoms with Gasteiger partial charge in [-0.1, -0.05) is 54.3 Å². The summed E-state index contributed by atoms with van der Waals surface area (Å²) in [6.07, 6.45) is 5.14. The topological polar surface area (TPSA) is 26.0 Å². The van der Waals surface area contributed by atoms with Crippen LogP contribution in [0.25, 0.3) is 0 Å². The molecule has 110 valence electrons. The van der Waals surface area contributed by atoms with E-state index >= 15 is 0 Å². The van der Waals surface area contributed by atoms with E-state index < -0.39 is 5.54 Å². The van der Waals surface area contributed by atoms with Gasteiger partial charge < -0.3 is 5.73 Å². The molecule has 0 saturated heterocycles. The summed E-state index contributed by atoms with van der Waals surface area (Å²) in [5, 5.41) is 0. The van der Waals surface area contributed by atoms with E-state index in [1.165, 1.54) is 0 Å². The third-order valence-electron chi connectivity index (χ3n) is 3.60. The van der Waals surface area contributed by atoms with E-state index in [1.54, 1.807) is 0 Å². The molecule has 0 aliphatic carbocycles. The average Bonchev–Trinajstić information content (AvgIpc) is 2.55. The van der Waals surface area contributed by atoms with Crippen LogP contribution in [-0.2, 0) is 5.54 Å². The summed E-state index contributed by atoms with van der Waals surface area (Å²) >= 11 is 0. The molecule has 0 atom stereocenters. The zero-order chi connectivity index (χ0) is 15.8. The Morgan fingerprint density at radius 2 is 1.32 bits per heavy atom. The quantitative estimate of drug-likeness (QED) is 0.640. The molecule has 2 rings (SSSR count). The maximum absolute atomic E-state index is 6.48. The van der Waals surface area contributed by atoms with Crippen LogP contribution in [0.15, 0.2) is 79.9 Å².